The molecule has 0 spiro atoms. The van der Waals surface area contributed by atoms with Gasteiger partial charge in [-0.2, -0.15) is 0 Å². The molecule has 1 aromatic carbocycles. The molecule has 0 radical (unpaired) electrons. The number of aromatic nitrogens is 2. The first-order valence-electron chi connectivity index (χ1n) is 7.84. The quantitative estimate of drug-likeness (QED) is 0.508. The summed E-state index contributed by atoms with van der Waals surface area (Å²) >= 11 is 2.45. The Morgan fingerprint density at radius 1 is 1.31 bits per heavy atom. The van der Waals surface area contributed by atoms with Crippen molar-refractivity contribution in [3.63, 3.8) is 0 Å². The van der Waals surface area contributed by atoms with Crippen LogP contribution in [0.4, 0.5) is 14.5 Å². The van der Waals surface area contributed by atoms with Crippen LogP contribution in [0.3, 0.4) is 0 Å². The minimum Gasteiger partial charge on any atom is -0.325 e. The average molecular weight is 395 g/mol. The molecule has 0 fully saturated rings. The summed E-state index contributed by atoms with van der Waals surface area (Å²) in [7, 11) is 0. The number of anilines is 1. The third kappa shape index (κ3) is 4.10. The molecule has 1 N–H and O–H groups in total. The number of halogens is 2. The van der Waals surface area contributed by atoms with Gasteiger partial charge in [-0.3, -0.25) is 14.2 Å². The topological polar surface area (TPSA) is 64.0 Å². The Bertz CT molecular complexity index is 997. The van der Waals surface area contributed by atoms with Gasteiger partial charge in [-0.15, -0.1) is 11.3 Å². The molecule has 2 aromatic heterocycles. The van der Waals surface area contributed by atoms with Gasteiger partial charge in [0.05, 0.1) is 11.3 Å². The highest BCUT2D eigenvalue weighted by Crippen LogP contribution is 2.21. The lowest BCUT2D eigenvalue weighted by molar-refractivity contribution is -0.113. The van der Waals surface area contributed by atoms with Gasteiger partial charge in [-0.1, -0.05) is 18.7 Å². The maximum absolute atomic E-state index is 13.2. The van der Waals surface area contributed by atoms with Crippen LogP contribution in [0.1, 0.15) is 13.3 Å². The smallest absolute Gasteiger partial charge is 0.272 e. The van der Waals surface area contributed by atoms with Gasteiger partial charge in [0.15, 0.2) is 5.16 Å². The van der Waals surface area contributed by atoms with Crippen LogP contribution in [-0.2, 0) is 11.3 Å². The summed E-state index contributed by atoms with van der Waals surface area (Å²) in [6, 6.07) is 4.56. The van der Waals surface area contributed by atoms with Gasteiger partial charge in [-0.25, -0.2) is 13.8 Å². The first-order chi connectivity index (χ1) is 12.5. The number of thiophene rings is 1. The molecule has 0 aliphatic rings. The number of amides is 1. The van der Waals surface area contributed by atoms with Crippen molar-refractivity contribution in [2.45, 2.75) is 25.0 Å². The second-order valence-electron chi connectivity index (χ2n) is 5.48. The zero-order chi connectivity index (χ0) is 18.7. The van der Waals surface area contributed by atoms with Crippen LogP contribution in [0.2, 0.25) is 0 Å². The summed E-state index contributed by atoms with van der Waals surface area (Å²) in [4.78, 5) is 29.1. The number of rotatable bonds is 6. The van der Waals surface area contributed by atoms with E-state index < -0.39 is 17.5 Å². The lowest BCUT2D eigenvalue weighted by Gasteiger charge is -2.11. The fourth-order valence-corrected chi connectivity index (χ4v) is 4.01. The van der Waals surface area contributed by atoms with Crippen molar-refractivity contribution in [3.05, 3.63) is 51.6 Å². The van der Waals surface area contributed by atoms with Gasteiger partial charge in [-0.05, 0) is 30.0 Å². The summed E-state index contributed by atoms with van der Waals surface area (Å²) in [5.74, 6) is -2.02. The summed E-state index contributed by atoms with van der Waals surface area (Å²) in [5.41, 5.74) is 0.518. The Balaban J connectivity index is 1.77. The van der Waals surface area contributed by atoms with E-state index in [1.807, 2.05) is 6.92 Å². The predicted octanol–water partition coefficient (Wildman–Crippen LogP) is 3.88. The summed E-state index contributed by atoms with van der Waals surface area (Å²) in [6.45, 7) is 2.45. The molecule has 26 heavy (non-hydrogen) atoms. The van der Waals surface area contributed by atoms with E-state index in [2.05, 4.69) is 10.3 Å². The van der Waals surface area contributed by atoms with E-state index in [0.717, 1.165) is 36.4 Å². The molecule has 3 aromatic rings. The molecule has 0 aliphatic heterocycles. The van der Waals surface area contributed by atoms with Crippen molar-refractivity contribution in [2.24, 2.45) is 0 Å². The van der Waals surface area contributed by atoms with Gasteiger partial charge in [0.25, 0.3) is 5.56 Å². The standard InChI is InChI=1S/C17H15F2N3O2S2/c1-2-4-22-16(24)15-13(3-5-25-15)21-17(22)26-9-14(23)20-12-7-10(18)6-11(19)8-12/h3,5-8H,2,4,9H2,1H3,(H,20,23). The summed E-state index contributed by atoms with van der Waals surface area (Å²) in [5, 5.41) is 4.69. The lowest BCUT2D eigenvalue weighted by atomic mass is 10.3. The molecule has 0 saturated carbocycles. The second kappa shape index (κ2) is 7.96. The van der Waals surface area contributed by atoms with Crippen molar-refractivity contribution >= 4 is 44.9 Å². The van der Waals surface area contributed by atoms with Gasteiger partial charge in [0, 0.05) is 18.3 Å². The average Bonchev–Trinajstić information content (AvgIpc) is 3.03. The molecule has 0 bridgehead atoms. The molecule has 5 nitrogen and oxygen atoms in total. The van der Waals surface area contributed by atoms with E-state index in [1.165, 1.54) is 11.3 Å². The molecule has 136 valence electrons. The number of nitrogens with one attached hydrogen (secondary N) is 1. The van der Waals surface area contributed by atoms with Crippen LogP contribution >= 0.6 is 23.1 Å². The number of nitrogens with zero attached hydrogens (tertiary/aromatic N) is 2. The molecular formula is C17H15F2N3O2S2. The number of hydrogen-bond acceptors (Lipinski definition) is 5. The van der Waals surface area contributed by atoms with Crippen molar-refractivity contribution in [3.8, 4) is 0 Å². The van der Waals surface area contributed by atoms with Gasteiger partial charge in [0.2, 0.25) is 5.91 Å². The molecule has 0 aliphatic carbocycles. The van der Waals surface area contributed by atoms with E-state index in [4.69, 9.17) is 0 Å². The maximum atomic E-state index is 13.2. The molecule has 1 amide bonds. The fourth-order valence-electron chi connectivity index (χ4n) is 2.41. The Morgan fingerprint density at radius 3 is 2.73 bits per heavy atom. The highest BCUT2D eigenvalue weighted by atomic mass is 32.2. The van der Waals surface area contributed by atoms with Crippen LogP contribution in [0, 0.1) is 11.6 Å². The molecular weight excluding hydrogens is 380 g/mol. The van der Waals surface area contributed by atoms with Crippen LogP contribution in [0.25, 0.3) is 10.2 Å². The lowest BCUT2D eigenvalue weighted by Crippen LogP contribution is -2.23. The van der Waals surface area contributed by atoms with Gasteiger partial charge < -0.3 is 5.32 Å². The van der Waals surface area contributed by atoms with Crippen molar-refractivity contribution < 1.29 is 13.6 Å². The molecule has 3 rings (SSSR count). The van der Waals surface area contributed by atoms with Gasteiger partial charge >= 0.3 is 0 Å². The van der Waals surface area contributed by atoms with Crippen LogP contribution in [0.15, 0.2) is 39.6 Å². The fraction of sp³-hybridized carbons (Fsp3) is 0.235. The zero-order valence-electron chi connectivity index (χ0n) is 13.8. The highest BCUT2D eigenvalue weighted by Gasteiger charge is 2.14. The number of benzene rings is 1. The SMILES string of the molecule is CCCn1c(SCC(=O)Nc2cc(F)cc(F)c2)nc2ccsc2c1=O. The minimum absolute atomic E-state index is 0.0378. The molecule has 9 heteroatoms. The van der Waals surface area contributed by atoms with Crippen molar-refractivity contribution in [1.29, 1.82) is 0 Å². The van der Waals surface area contributed by atoms with Crippen molar-refractivity contribution in [1.82, 2.24) is 9.55 Å². The number of carbonyl (C=O) groups excluding carboxylic acids is 1. The summed E-state index contributed by atoms with van der Waals surface area (Å²) < 4.78 is 28.5. The van der Waals surface area contributed by atoms with Crippen LogP contribution in [-0.4, -0.2) is 21.2 Å². The Morgan fingerprint density at radius 2 is 2.04 bits per heavy atom. The highest BCUT2D eigenvalue weighted by molar-refractivity contribution is 7.99. The number of fused-ring (bicyclic) bond motifs is 1. The zero-order valence-corrected chi connectivity index (χ0v) is 15.4. The first-order valence-corrected chi connectivity index (χ1v) is 9.71. The molecule has 0 unspecified atom stereocenters. The Labute approximate surface area is 156 Å². The summed E-state index contributed by atoms with van der Waals surface area (Å²) in [6.07, 6.45) is 0.751. The number of carbonyl (C=O) groups is 1. The number of thioether (sulfide) groups is 1. The van der Waals surface area contributed by atoms with E-state index in [-0.39, 0.29) is 17.0 Å². The second-order valence-corrected chi connectivity index (χ2v) is 7.34. The van der Waals surface area contributed by atoms with E-state index in [9.17, 15) is 18.4 Å². The van der Waals surface area contributed by atoms with Crippen molar-refractivity contribution in [2.75, 3.05) is 11.1 Å². The number of hydrogen-bond donors (Lipinski definition) is 1. The monoisotopic (exact) mass is 395 g/mol. The predicted molar refractivity (Wildman–Crippen MR) is 99.9 cm³/mol. The molecule has 0 atom stereocenters. The van der Waals surface area contributed by atoms with E-state index in [0.29, 0.717) is 21.9 Å². The van der Waals surface area contributed by atoms with E-state index >= 15 is 0 Å². The Hall–Kier alpha value is -2.26. The Kier molecular flexibility index (Phi) is 5.67. The van der Waals surface area contributed by atoms with E-state index in [1.54, 1.807) is 16.0 Å². The third-order valence-electron chi connectivity index (χ3n) is 3.46. The van der Waals surface area contributed by atoms with Gasteiger partial charge in [0.1, 0.15) is 16.3 Å². The van der Waals surface area contributed by atoms with Crippen LogP contribution < -0.4 is 10.9 Å². The first kappa shape index (κ1) is 18.5. The van der Waals surface area contributed by atoms with Crippen LogP contribution in [0.5, 0.6) is 0 Å². The maximum Gasteiger partial charge on any atom is 0.272 e. The minimum atomic E-state index is -0.769. The third-order valence-corrected chi connectivity index (χ3v) is 5.32. The largest absolute Gasteiger partial charge is 0.325 e. The molecule has 0 saturated heterocycles. The molecule has 2 heterocycles. The normalized spacial score (nSPS) is 11.0.